The number of benzene rings is 3. The van der Waals surface area contributed by atoms with Crippen molar-refractivity contribution in [1.82, 2.24) is 5.32 Å². The van der Waals surface area contributed by atoms with Gasteiger partial charge in [0.25, 0.3) is 11.8 Å². The number of halogens is 1. The van der Waals surface area contributed by atoms with Crippen LogP contribution in [0.5, 0.6) is 5.75 Å². The van der Waals surface area contributed by atoms with Crippen molar-refractivity contribution < 1.29 is 19.1 Å². The number of aryl methyl sites for hydroxylation is 1. The number of carbonyl (C=O) groups excluding carboxylic acids is 3. The second kappa shape index (κ2) is 9.08. The number of anilines is 1. The summed E-state index contributed by atoms with van der Waals surface area (Å²) in [4.78, 5) is 38.7. The Labute approximate surface area is 190 Å². The summed E-state index contributed by atoms with van der Waals surface area (Å²) in [6.07, 6.45) is 1.49. The number of ether oxygens (including phenoxy) is 1. The number of amides is 4. The lowest BCUT2D eigenvalue weighted by Crippen LogP contribution is -2.54. The van der Waals surface area contributed by atoms with Gasteiger partial charge in [-0.1, -0.05) is 54.1 Å². The third-order valence-corrected chi connectivity index (χ3v) is 5.41. The maximum Gasteiger partial charge on any atom is 0.335 e. The molecular weight excluding hydrogens is 428 g/mol. The van der Waals surface area contributed by atoms with E-state index in [-0.39, 0.29) is 12.2 Å². The topological polar surface area (TPSA) is 75.7 Å². The molecule has 6 nitrogen and oxygen atoms in total. The molecule has 3 aromatic rings. The molecule has 1 aliphatic rings. The lowest BCUT2D eigenvalue weighted by molar-refractivity contribution is -0.122. The van der Waals surface area contributed by atoms with Crippen molar-refractivity contribution in [2.24, 2.45) is 0 Å². The van der Waals surface area contributed by atoms with E-state index in [1.165, 1.54) is 6.08 Å². The monoisotopic (exact) mass is 446 g/mol. The van der Waals surface area contributed by atoms with E-state index in [0.717, 1.165) is 21.6 Å². The first-order valence-corrected chi connectivity index (χ1v) is 10.2. The molecular formula is C25H19ClN2O4. The van der Waals surface area contributed by atoms with Gasteiger partial charge >= 0.3 is 6.03 Å². The average Bonchev–Trinajstić information content (AvgIpc) is 2.78. The molecule has 32 heavy (non-hydrogen) atoms. The Balaban J connectivity index is 1.55. The molecule has 1 aliphatic heterocycles. The summed E-state index contributed by atoms with van der Waals surface area (Å²) < 4.78 is 5.75. The van der Waals surface area contributed by atoms with E-state index in [1.54, 1.807) is 36.4 Å². The van der Waals surface area contributed by atoms with Gasteiger partial charge in [-0.25, -0.2) is 9.69 Å². The quantitative estimate of drug-likeness (QED) is 0.447. The number of imide groups is 2. The van der Waals surface area contributed by atoms with Gasteiger partial charge < -0.3 is 4.74 Å². The van der Waals surface area contributed by atoms with Gasteiger partial charge in [-0.15, -0.1) is 0 Å². The summed E-state index contributed by atoms with van der Waals surface area (Å²) in [7, 11) is 0. The van der Waals surface area contributed by atoms with Crippen molar-refractivity contribution in [2.75, 3.05) is 4.90 Å². The van der Waals surface area contributed by atoms with E-state index in [1.807, 2.05) is 43.3 Å². The van der Waals surface area contributed by atoms with Crippen LogP contribution in [0.25, 0.3) is 6.08 Å². The van der Waals surface area contributed by atoms with Crippen LogP contribution in [0.4, 0.5) is 10.5 Å². The molecule has 1 heterocycles. The summed E-state index contributed by atoms with van der Waals surface area (Å²) >= 11 is 6.14. The number of hydrogen-bond acceptors (Lipinski definition) is 4. The zero-order chi connectivity index (χ0) is 22.7. The van der Waals surface area contributed by atoms with Gasteiger partial charge in [0.05, 0.1) is 5.69 Å². The zero-order valence-electron chi connectivity index (χ0n) is 17.2. The van der Waals surface area contributed by atoms with E-state index in [0.29, 0.717) is 16.5 Å². The maximum absolute atomic E-state index is 13.0. The number of rotatable bonds is 5. The fourth-order valence-corrected chi connectivity index (χ4v) is 3.45. The first kappa shape index (κ1) is 21.3. The van der Waals surface area contributed by atoms with Gasteiger partial charge in [0.2, 0.25) is 0 Å². The zero-order valence-corrected chi connectivity index (χ0v) is 17.9. The number of barbiturate groups is 1. The smallest absolute Gasteiger partial charge is 0.335 e. The highest BCUT2D eigenvalue weighted by Gasteiger charge is 2.36. The van der Waals surface area contributed by atoms with E-state index in [4.69, 9.17) is 16.3 Å². The number of nitrogens with zero attached hydrogens (tertiary/aromatic N) is 1. The molecule has 1 saturated heterocycles. The molecule has 7 heteroatoms. The second-order valence-electron chi connectivity index (χ2n) is 7.19. The molecule has 1 fully saturated rings. The Bertz CT molecular complexity index is 1230. The molecule has 0 unspecified atom stereocenters. The van der Waals surface area contributed by atoms with E-state index < -0.39 is 17.8 Å². The lowest BCUT2D eigenvalue weighted by atomic mass is 10.0. The summed E-state index contributed by atoms with van der Waals surface area (Å²) in [6, 6.07) is 20.4. The van der Waals surface area contributed by atoms with Crippen molar-refractivity contribution >= 4 is 41.2 Å². The van der Waals surface area contributed by atoms with Gasteiger partial charge in [0, 0.05) is 10.6 Å². The fraction of sp³-hybridized carbons (Fsp3) is 0.0800. The Kier molecular flexibility index (Phi) is 6.05. The molecule has 0 spiro atoms. The van der Waals surface area contributed by atoms with Crippen LogP contribution in [0.1, 0.15) is 16.7 Å². The van der Waals surface area contributed by atoms with E-state index >= 15 is 0 Å². The van der Waals surface area contributed by atoms with Crippen molar-refractivity contribution in [2.45, 2.75) is 13.5 Å². The summed E-state index contributed by atoms with van der Waals surface area (Å²) in [5, 5.41) is 2.84. The fourth-order valence-electron chi connectivity index (χ4n) is 3.26. The second-order valence-corrected chi connectivity index (χ2v) is 7.60. The molecule has 0 radical (unpaired) electrons. The molecule has 1 N–H and O–H groups in total. The first-order valence-electron chi connectivity index (χ1n) is 9.87. The molecule has 4 amide bonds. The van der Waals surface area contributed by atoms with Crippen LogP contribution in [0.3, 0.4) is 0 Å². The van der Waals surface area contributed by atoms with Crippen molar-refractivity contribution in [3.8, 4) is 5.75 Å². The number of urea groups is 1. The maximum atomic E-state index is 13.0. The molecule has 0 aliphatic carbocycles. The van der Waals surface area contributed by atoms with Gasteiger partial charge in [-0.05, 0) is 54.5 Å². The van der Waals surface area contributed by atoms with Crippen molar-refractivity contribution in [3.63, 3.8) is 0 Å². The summed E-state index contributed by atoms with van der Waals surface area (Å²) in [5.74, 6) is -0.865. The molecule has 4 rings (SSSR count). The number of hydrogen-bond donors (Lipinski definition) is 1. The molecule has 0 saturated carbocycles. The predicted molar refractivity (Wildman–Crippen MR) is 122 cm³/mol. The molecule has 0 aromatic heterocycles. The van der Waals surface area contributed by atoms with Crippen LogP contribution >= 0.6 is 11.6 Å². The van der Waals surface area contributed by atoms with Gasteiger partial charge in [0.15, 0.2) is 0 Å². The third-order valence-electron chi connectivity index (χ3n) is 5.04. The predicted octanol–water partition coefficient (Wildman–Crippen LogP) is 4.89. The van der Waals surface area contributed by atoms with Crippen molar-refractivity contribution in [3.05, 3.63) is 100 Å². The first-order chi connectivity index (χ1) is 15.4. The highest BCUT2D eigenvalue weighted by Crippen LogP contribution is 2.26. The van der Waals surface area contributed by atoms with Crippen LogP contribution in [-0.2, 0) is 16.2 Å². The highest BCUT2D eigenvalue weighted by molar-refractivity contribution is 6.39. The van der Waals surface area contributed by atoms with Crippen LogP contribution in [0.15, 0.2) is 78.4 Å². The van der Waals surface area contributed by atoms with Crippen molar-refractivity contribution in [1.29, 1.82) is 0 Å². The third kappa shape index (κ3) is 4.40. The van der Waals surface area contributed by atoms with Gasteiger partial charge in [0.1, 0.15) is 17.9 Å². The Morgan fingerprint density at radius 2 is 1.62 bits per heavy atom. The molecule has 0 bridgehead atoms. The normalized spacial score (nSPS) is 15.1. The Morgan fingerprint density at radius 3 is 2.34 bits per heavy atom. The van der Waals surface area contributed by atoms with Crippen LogP contribution in [0, 0.1) is 6.92 Å². The van der Waals surface area contributed by atoms with Gasteiger partial charge in [-0.3, -0.25) is 14.9 Å². The number of carbonyl (C=O) groups is 3. The molecule has 3 aromatic carbocycles. The minimum atomic E-state index is -0.799. The number of nitrogens with one attached hydrogen (secondary N) is 1. The minimum absolute atomic E-state index is 0.113. The summed E-state index contributed by atoms with van der Waals surface area (Å²) in [5.41, 5.74) is 2.68. The van der Waals surface area contributed by atoms with E-state index in [9.17, 15) is 14.4 Å². The van der Waals surface area contributed by atoms with E-state index in [2.05, 4.69) is 5.32 Å². The SMILES string of the molecule is Cc1ccccc1C=C1C(=O)NC(=O)N(c2ccc(OCc3ccccc3Cl)cc2)C1=O. The average molecular weight is 447 g/mol. The Hall–Kier alpha value is -3.90. The molecule has 0 atom stereocenters. The lowest BCUT2D eigenvalue weighted by Gasteiger charge is -2.26. The Morgan fingerprint density at radius 1 is 0.938 bits per heavy atom. The molecule has 160 valence electrons. The largest absolute Gasteiger partial charge is 0.489 e. The standard InChI is InChI=1S/C25H19ClN2O4/c1-16-6-2-3-7-17(16)14-21-23(29)27-25(31)28(24(21)30)19-10-12-20(13-11-19)32-15-18-8-4-5-9-22(18)26/h2-14H,15H2,1H3,(H,27,29,31). The summed E-state index contributed by atoms with van der Waals surface area (Å²) in [6.45, 7) is 2.15. The van der Waals surface area contributed by atoms with Gasteiger partial charge in [-0.2, -0.15) is 0 Å². The van der Waals surface area contributed by atoms with Crippen LogP contribution in [0.2, 0.25) is 5.02 Å². The van der Waals surface area contributed by atoms with Crippen LogP contribution < -0.4 is 15.0 Å². The minimum Gasteiger partial charge on any atom is -0.489 e. The van der Waals surface area contributed by atoms with Crippen LogP contribution in [-0.4, -0.2) is 17.8 Å². The highest BCUT2D eigenvalue weighted by atomic mass is 35.5.